The lowest BCUT2D eigenvalue weighted by Gasteiger charge is -2.10. The molecule has 0 saturated heterocycles. The first-order valence-electron chi connectivity index (χ1n) is 6.21. The van der Waals surface area contributed by atoms with Crippen molar-refractivity contribution in [2.24, 2.45) is 0 Å². The number of aryl methyl sites for hydroxylation is 2. The fourth-order valence-corrected chi connectivity index (χ4v) is 2.02. The standard InChI is InChI=1S/C15H19N3/c1-4-17-14-8-15(10-16-9-14)18-13-6-11(2)5-12(3)7-13/h5-10,17-18H,4H2,1-3H3. The Morgan fingerprint density at radius 1 is 0.889 bits per heavy atom. The molecule has 0 aliphatic carbocycles. The Hall–Kier alpha value is -2.03. The number of pyridine rings is 1. The maximum absolute atomic E-state index is 4.22. The summed E-state index contributed by atoms with van der Waals surface area (Å²) in [7, 11) is 0. The van der Waals surface area contributed by atoms with Gasteiger partial charge in [-0.2, -0.15) is 0 Å². The van der Waals surface area contributed by atoms with Crippen molar-refractivity contribution in [2.75, 3.05) is 17.2 Å². The molecule has 2 aromatic rings. The van der Waals surface area contributed by atoms with Crippen molar-refractivity contribution in [3.63, 3.8) is 0 Å². The summed E-state index contributed by atoms with van der Waals surface area (Å²) >= 11 is 0. The molecule has 1 aromatic heterocycles. The minimum absolute atomic E-state index is 0.898. The van der Waals surface area contributed by atoms with E-state index < -0.39 is 0 Å². The van der Waals surface area contributed by atoms with Crippen molar-refractivity contribution in [3.8, 4) is 0 Å². The van der Waals surface area contributed by atoms with Gasteiger partial charge >= 0.3 is 0 Å². The smallest absolute Gasteiger partial charge is 0.0591 e. The molecule has 0 bridgehead atoms. The number of anilines is 3. The number of aromatic nitrogens is 1. The summed E-state index contributed by atoms with van der Waals surface area (Å²) in [5.41, 5.74) is 5.65. The number of nitrogens with zero attached hydrogens (tertiary/aromatic N) is 1. The molecule has 0 aliphatic heterocycles. The van der Waals surface area contributed by atoms with E-state index in [1.54, 1.807) is 0 Å². The van der Waals surface area contributed by atoms with E-state index >= 15 is 0 Å². The molecule has 1 aromatic carbocycles. The normalized spacial score (nSPS) is 10.2. The third-order valence-electron chi connectivity index (χ3n) is 2.63. The van der Waals surface area contributed by atoms with E-state index in [9.17, 15) is 0 Å². The van der Waals surface area contributed by atoms with Crippen molar-refractivity contribution in [2.45, 2.75) is 20.8 Å². The Balaban J connectivity index is 2.20. The predicted octanol–water partition coefficient (Wildman–Crippen LogP) is 3.87. The van der Waals surface area contributed by atoms with Gasteiger partial charge in [-0.15, -0.1) is 0 Å². The molecule has 0 spiro atoms. The highest BCUT2D eigenvalue weighted by Crippen LogP contribution is 2.20. The summed E-state index contributed by atoms with van der Waals surface area (Å²) < 4.78 is 0. The number of benzene rings is 1. The number of nitrogens with one attached hydrogen (secondary N) is 2. The zero-order valence-electron chi connectivity index (χ0n) is 11.1. The average Bonchev–Trinajstić information content (AvgIpc) is 2.28. The lowest BCUT2D eigenvalue weighted by atomic mass is 10.1. The zero-order chi connectivity index (χ0) is 13.0. The monoisotopic (exact) mass is 241 g/mol. The van der Waals surface area contributed by atoms with Crippen LogP contribution in [0, 0.1) is 13.8 Å². The van der Waals surface area contributed by atoms with E-state index in [0.29, 0.717) is 0 Å². The highest BCUT2D eigenvalue weighted by atomic mass is 14.9. The lowest BCUT2D eigenvalue weighted by Crippen LogP contribution is -1.98. The molecule has 94 valence electrons. The van der Waals surface area contributed by atoms with Crippen molar-refractivity contribution in [1.82, 2.24) is 4.98 Å². The second-order valence-electron chi connectivity index (χ2n) is 4.49. The van der Waals surface area contributed by atoms with Crippen LogP contribution in [0.15, 0.2) is 36.7 Å². The molecule has 0 amide bonds. The molecule has 3 heteroatoms. The third-order valence-corrected chi connectivity index (χ3v) is 2.63. The van der Waals surface area contributed by atoms with Crippen LogP contribution < -0.4 is 10.6 Å². The molecule has 2 rings (SSSR count). The van der Waals surface area contributed by atoms with Gasteiger partial charge in [0, 0.05) is 12.2 Å². The molecule has 0 radical (unpaired) electrons. The van der Waals surface area contributed by atoms with Gasteiger partial charge in [-0.3, -0.25) is 4.98 Å². The van der Waals surface area contributed by atoms with Crippen LogP contribution >= 0.6 is 0 Å². The van der Waals surface area contributed by atoms with Crippen LogP contribution in [0.4, 0.5) is 17.1 Å². The summed E-state index contributed by atoms with van der Waals surface area (Å²) in [6.45, 7) is 7.18. The van der Waals surface area contributed by atoms with E-state index in [2.05, 4.69) is 60.7 Å². The van der Waals surface area contributed by atoms with Crippen molar-refractivity contribution in [1.29, 1.82) is 0 Å². The van der Waals surface area contributed by atoms with Gasteiger partial charge in [0.05, 0.1) is 23.8 Å². The van der Waals surface area contributed by atoms with E-state index in [1.807, 2.05) is 12.4 Å². The van der Waals surface area contributed by atoms with Gasteiger partial charge < -0.3 is 10.6 Å². The molecule has 18 heavy (non-hydrogen) atoms. The minimum atomic E-state index is 0.898. The Bertz CT molecular complexity index is 515. The lowest BCUT2D eigenvalue weighted by molar-refractivity contribution is 1.19. The topological polar surface area (TPSA) is 37.0 Å². The van der Waals surface area contributed by atoms with Crippen LogP contribution in [0.25, 0.3) is 0 Å². The molecule has 0 unspecified atom stereocenters. The van der Waals surface area contributed by atoms with Gasteiger partial charge in [-0.25, -0.2) is 0 Å². The van der Waals surface area contributed by atoms with E-state index in [-0.39, 0.29) is 0 Å². The summed E-state index contributed by atoms with van der Waals surface area (Å²) in [5, 5.41) is 6.64. The first-order chi connectivity index (χ1) is 8.67. The molecule has 0 saturated carbocycles. The Kier molecular flexibility index (Phi) is 3.82. The van der Waals surface area contributed by atoms with Gasteiger partial charge in [0.15, 0.2) is 0 Å². The van der Waals surface area contributed by atoms with Crippen molar-refractivity contribution in [3.05, 3.63) is 47.8 Å². The quantitative estimate of drug-likeness (QED) is 0.853. The third kappa shape index (κ3) is 3.23. The van der Waals surface area contributed by atoms with Crippen LogP contribution in [0.3, 0.4) is 0 Å². The maximum atomic E-state index is 4.22. The van der Waals surface area contributed by atoms with Crippen LogP contribution in [-0.4, -0.2) is 11.5 Å². The summed E-state index contributed by atoms with van der Waals surface area (Å²) in [6, 6.07) is 8.49. The molecule has 0 fully saturated rings. The van der Waals surface area contributed by atoms with E-state index in [1.165, 1.54) is 11.1 Å². The van der Waals surface area contributed by atoms with Crippen LogP contribution in [0.5, 0.6) is 0 Å². The largest absolute Gasteiger partial charge is 0.384 e. The Morgan fingerprint density at radius 3 is 2.22 bits per heavy atom. The van der Waals surface area contributed by atoms with E-state index in [0.717, 1.165) is 23.6 Å². The van der Waals surface area contributed by atoms with E-state index in [4.69, 9.17) is 0 Å². The van der Waals surface area contributed by atoms with Gasteiger partial charge in [0.1, 0.15) is 0 Å². The van der Waals surface area contributed by atoms with Crippen molar-refractivity contribution >= 4 is 17.1 Å². The van der Waals surface area contributed by atoms with Crippen LogP contribution in [0.2, 0.25) is 0 Å². The SMILES string of the molecule is CCNc1cncc(Nc2cc(C)cc(C)c2)c1. The molecule has 2 N–H and O–H groups in total. The molecule has 1 heterocycles. The van der Waals surface area contributed by atoms with Crippen LogP contribution in [-0.2, 0) is 0 Å². The highest BCUT2D eigenvalue weighted by molar-refractivity contribution is 5.64. The minimum Gasteiger partial charge on any atom is -0.384 e. The number of hydrogen-bond donors (Lipinski definition) is 2. The molecular weight excluding hydrogens is 222 g/mol. The summed E-state index contributed by atoms with van der Waals surface area (Å²) in [5.74, 6) is 0. The maximum Gasteiger partial charge on any atom is 0.0591 e. The fraction of sp³-hybridized carbons (Fsp3) is 0.267. The number of hydrogen-bond acceptors (Lipinski definition) is 3. The summed E-state index contributed by atoms with van der Waals surface area (Å²) in [4.78, 5) is 4.22. The second-order valence-corrected chi connectivity index (χ2v) is 4.49. The first-order valence-corrected chi connectivity index (χ1v) is 6.21. The van der Waals surface area contributed by atoms with Gasteiger partial charge in [-0.1, -0.05) is 6.07 Å². The van der Waals surface area contributed by atoms with Gasteiger partial charge in [0.2, 0.25) is 0 Å². The zero-order valence-corrected chi connectivity index (χ0v) is 11.1. The highest BCUT2D eigenvalue weighted by Gasteiger charge is 1.99. The van der Waals surface area contributed by atoms with Gasteiger partial charge in [0.25, 0.3) is 0 Å². The second kappa shape index (κ2) is 5.54. The Morgan fingerprint density at radius 2 is 1.56 bits per heavy atom. The van der Waals surface area contributed by atoms with Gasteiger partial charge in [-0.05, 0) is 50.1 Å². The molecule has 3 nitrogen and oxygen atoms in total. The fourth-order valence-electron chi connectivity index (χ4n) is 2.02. The van der Waals surface area contributed by atoms with Crippen LogP contribution in [0.1, 0.15) is 18.1 Å². The van der Waals surface area contributed by atoms with Crippen molar-refractivity contribution < 1.29 is 0 Å². The first kappa shape index (κ1) is 12.4. The average molecular weight is 241 g/mol. The molecule has 0 atom stereocenters. The predicted molar refractivity (Wildman–Crippen MR) is 77.6 cm³/mol. The summed E-state index contributed by atoms with van der Waals surface area (Å²) in [6.07, 6.45) is 3.66. The Labute approximate surface area is 108 Å². The molecule has 0 aliphatic rings. The molecular formula is C15H19N3. The number of rotatable bonds is 4.